The van der Waals surface area contributed by atoms with Crippen LogP contribution in [0.4, 0.5) is 0 Å². The van der Waals surface area contributed by atoms with Crippen molar-refractivity contribution in [1.29, 1.82) is 0 Å². The second-order valence-corrected chi connectivity index (χ2v) is 4.75. The maximum absolute atomic E-state index is 10.9. The normalized spacial score (nSPS) is 19.4. The standard InChI is InChI=1S/C11H14OS/c12-9-11(4-1-5-11)6-2-10-3-7-13-8-10/h3,7-9H,1-2,4-6H2. The molecule has 0 atom stereocenters. The fraction of sp³-hybridized carbons (Fsp3) is 0.545. The first-order valence-electron chi connectivity index (χ1n) is 4.82. The van der Waals surface area contributed by atoms with Gasteiger partial charge in [-0.15, -0.1) is 0 Å². The van der Waals surface area contributed by atoms with Gasteiger partial charge >= 0.3 is 0 Å². The third kappa shape index (κ3) is 1.83. The summed E-state index contributed by atoms with van der Waals surface area (Å²) in [4.78, 5) is 10.9. The summed E-state index contributed by atoms with van der Waals surface area (Å²) in [6.45, 7) is 0. The molecule has 70 valence electrons. The van der Waals surface area contributed by atoms with E-state index >= 15 is 0 Å². The van der Waals surface area contributed by atoms with Crippen LogP contribution in [-0.2, 0) is 11.2 Å². The van der Waals surface area contributed by atoms with E-state index in [4.69, 9.17) is 0 Å². The van der Waals surface area contributed by atoms with Crippen molar-refractivity contribution >= 4 is 17.6 Å². The van der Waals surface area contributed by atoms with E-state index in [0.717, 1.165) is 25.7 Å². The van der Waals surface area contributed by atoms with Gasteiger partial charge in [-0.05, 0) is 48.1 Å². The second kappa shape index (κ2) is 3.62. The van der Waals surface area contributed by atoms with Crippen LogP contribution in [0, 0.1) is 5.41 Å². The molecule has 0 aromatic carbocycles. The number of hydrogen-bond donors (Lipinski definition) is 0. The fourth-order valence-corrected chi connectivity index (χ4v) is 2.59. The minimum atomic E-state index is 0.0575. The number of carbonyl (C=O) groups excluding carboxylic acids is 1. The Kier molecular flexibility index (Phi) is 2.49. The van der Waals surface area contributed by atoms with E-state index in [1.54, 1.807) is 11.3 Å². The molecule has 0 unspecified atom stereocenters. The van der Waals surface area contributed by atoms with Crippen molar-refractivity contribution in [2.45, 2.75) is 32.1 Å². The van der Waals surface area contributed by atoms with E-state index in [0.29, 0.717) is 0 Å². The Morgan fingerprint density at radius 2 is 2.38 bits per heavy atom. The van der Waals surface area contributed by atoms with Gasteiger partial charge in [0, 0.05) is 5.41 Å². The van der Waals surface area contributed by atoms with Gasteiger partial charge in [0.05, 0.1) is 0 Å². The van der Waals surface area contributed by atoms with Crippen LogP contribution in [0.3, 0.4) is 0 Å². The summed E-state index contributed by atoms with van der Waals surface area (Å²) in [6.07, 6.45) is 6.77. The van der Waals surface area contributed by atoms with Crippen LogP contribution in [-0.4, -0.2) is 6.29 Å². The van der Waals surface area contributed by atoms with Gasteiger partial charge in [0.2, 0.25) is 0 Å². The Balaban J connectivity index is 1.88. The predicted molar refractivity (Wildman–Crippen MR) is 55.0 cm³/mol. The minimum Gasteiger partial charge on any atom is -0.303 e. The first kappa shape index (κ1) is 8.95. The first-order valence-corrected chi connectivity index (χ1v) is 5.76. The molecule has 0 N–H and O–H groups in total. The molecule has 0 bridgehead atoms. The molecule has 1 aromatic rings. The van der Waals surface area contributed by atoms with Gasteiger partial charge in [0.1, 0.15) is 6.29 Å². The van der Waals surface area contributed by atoms with Gasteiger partial charge in [-0.3, -0.25) is 0 Å². The lowest BCUT2D eigenvalue weighted by Gasteiger charge is -2.36. The van der Waals surface area contributed by atoms with Crippen molar-refractivity contribution in [3.63, 3.8) is 0 Å². The number of aryl methyl sites for hydroxylation is 1. The molecular formula is C11H14OS. The highest BCUT2D eigenvalue weighted by atomic mass is 32.1. The van der Waals surface area contributed by atoms with Crippen LogP contribution in [0.1, 0.15) is 31.2 Å². The molecule has 0 saturated heterocycles. The predicted octanol–water partition coefficient (Wildman–Crippen LogP) is 3.05. The maximum Gasteiger partial charge on any atom is 0.126 e. The summed E-state index contributed by atoms with van der Waals surface area (Å²) < 4.78 is 0. The lowest BCUT2D eigenvalue weighted by Crippen LogP contribution is -2.31. The summed E-state index contributed by atoms with van der Waals surface area (Å²) >= 11 is 1.74. The summed E-state index contributed by atoms with van der Waals surface area (Å²) in [6, 6.07) is 2.15. The number of rotatable bonds is 4. The molecule has 0 amide bonds. The van der Waals surface area contributed by atoms with Crippen LogP contribution in [0.15, 0.2) is 16.8 Å². The van der Waals surface area contributed by atoms with Crippen molar-refractivity contribution in [2.24, 2.45) is 5.41 Å². The largest absolute Gasteiger partial charge is 0.303 e. The quantitative estimate of drug-likeness (QED) is 0.673. The van der Waals surface area contributed by atoms with Crippen LogP contribution in [0.25, 0.3) is 0 Å². The van der Waals surface area contributed by atoms with Crippen molar-refractivity contribution in [2.75, 3.05) is 0 Å². The van der Waals surface area contributed by atoms with E-state index in [9.17, 15) is 4.79 Å². The Morgan fingerprint density at radius 1 is 1.54 bits per heavy atom. The van der Waals surface area contributed by atoms with Crippen LogP contribution < -0.4 is 0 Å². The SMILES string of the molecule is O=CC1(CCc2ccsc2)CCC1. The van der Waals surface area contributed by atoms with Crippen molar-refractivity contribution in [3.05, 3.63) is 22.4 Å². The molecule has 0 aliphatic heterocycles. The van der Waals surface area contributed by atoms with E-state index < -0.39 is 0 Å². The molecule has 1 saturated carbocycles. The lowest BCUT2D eigenvalue weighted by molar-refractivity contribution is -0.120. The van der Waals surface area contributed by atoms with Crippen molar-refractivity contribution in [1.82, 2.24) is 0 Å². The van der Waals surface area contributed by atoms with Gasteiger partial charge in [-0.1, -0.05) is 6.42 Å². The van der Waals surface area contributed by atoms with E-state index in [2.05, 4.69) is 16.8 Å². The molecule has 1 heterocycles. The highest BCUT2D eigenvalue weighted by Crippen LogP contribution is 2.42. The molecule has 1 aromatic heterocycles. The van der Waals surface area contributed by atoms with Crippen molar-refractivity contribution in [3.8, 4) is 0 Å². The molecular weight excluding hydrogens is 180 g/mol. The number of carbonyl (C=O) groups is 1. The molecule has 1 nitrogen and oxygen atoms in total. The Bertz CT molecular complexity index is 272. The van der Waals surface area contributed by atoms with E-state index in [1.165, 1.54) is 18.3 Å². The van der Waals surface area contributed by atoms with Gasteiger partial charge < -0.3 is 4.79 Å². The highest BCUT2D eigenvalue weighted by Gasteiger charge is 2.35. The smallest absolute Gasteiger partial charge is 0.126 e. The Labute approximate surface area is 82.8 Å². The minimum absolute atomic E-state index is 0.0575. The fourth-order valence-electron chi connectivity index (χ4n) is 1.89. The third-order valence-electron chi connectivity index (χ3n) is 3.09. The zero-order valence-electron chi connectivity index (χ0n) is 7.66. The zero-order chi connectivity index (χ0) is 9.15. The summed E-state index contributed by atoms with van der Waals surface area (Å²) in [5, 5.41) is 4.28. The number of thiophene rings is 1. The second-order valence-electron chi connectivity index (χ2n) is 3.97. The molecule has 0 radical (unpaired) electrons. The van der Waals surface area contributed by atoms with Gasteiger partial charge in [-0.25, -0.2) is 0 Å². The summed E-state index contributed by atoms with van der Waals surface area (Å²) in [5.41, 5.74) is 1.44. The molecule has 0 spiro atoms. The monoisotopic (exact) mass is 194 g/mol. The first-order chi connectivity index (χ1) is 6.35. The zero-order valence-corrected chi connectivity index (χ0v) is 8.48. The number of aldehydes is 1. The van der Waals surface area contributed by atoms with E-state index in [1.807, 2.05) is 0 Å². The lowest BCUT2D eigenvalue weighted by atomic mass is 9.67. The molecule has 1 fully saturated rings. The van der Waals surface area contributed by atoms with Gasteiger partial charge in [-0.2, -0.15) is 11.3 Å². The van der Waals surface area contributed by atoms with Gasteiger partial charge in [0.15, 0.2) is 0 Å². The molecule has 1 aliphatic rings. The molecule has 2 rings (SSSR count). The average Bonchev–Trinajstić information content (AvgIpc) is 2.56. The van der Waals surface area contributed by atoms with Crippen molar-refractivity contribution < 1.29 is 4.79 Å². The summed E-state index contributed by atoms with van der Waals surface area (Å²) in [5.74, 6) is 0. The van der Waals surface area contributed by atoms with Crippen LogP contribution in [0.2, 0.25) is 0 Å². The Morgan fingerprint density at radius 3 is 2.85 bits per heavy atom. The highest BCUT2D eigenvalue weighted by molar-refractivity contribution is 7.07. The number of hydrogen-bond acceptors (Lipinski definition) is 2. The third-order valence-corrected chi connectivity index (χ3v) is 3.82. The molecule has 2 heteroatoms. The van der Waals surface area contributed by atoms with Crippen LogP contribution >= 0.6 is 11.3 Å². The topological polar surface area (TPSA) is 17.1 Å². The maximum atomic E-state index is 10.9. The molecule has 13 heavy (non-hydrogen) atoms. The van der Waals surface area contributed by atoms with Gasteiger partial charge in [0.25, 0.3) is 0 Å². The summed E-state index contributed by atoms with van der Waals surface area (Å²) in [7, 11) is 0. The average molecular weight is 194 g/mol. The van der Waals surface area contributed by atoms with Crippen LogP contribution in [0.5, 0.6) is 0 Å². The molecule has 1 aliphatic carbocycles. The van der Waals surface area contributed by atoms with E-state index in [-0.39, 0.29) is 5.41 Å². The Hall–Kier alpha value is -0.630.